The molecule has 4 nitrogen and oxygen atoms in total. The number of hydrogen-bond acceptors (Lipinski definition) is 2. The van der Waals surface area contributed by atoms with Gasteiger partial charge >= 0.3 is 0 Å². The summed E-state index contributed by atoms with van der Waals surface area (Å²) in [5, 5.41) is 3.90. The second kappa shape index (κ2) is 9.30. The van der Waals surface area contributed by atoms with Crippen LogP contribution in [0.3, 0.4) is 0 Å². The Bertz CT molecular complexity index is 2400. The molecule has 9 rings (SSSR count). The molecule has 0 radical (unpaired) electrons. The first-order valence-electron chi connectivity index (χ1n) is 13.6. The molecule has 42 heavy (non-hydrogen) atoms. The van der Waals surface area contributed by atoms with Gasteiger partial charge < -0.3 is 9.97 Å². The van der Waals surface area contributed by atoms with Crippen molar-refractivity contribution in [2.75, 3.05) is 0 Å². The first-order chi connectivity index (χ1) is 20.2. The molecule has 0 atom stereocenters. The fraction of sp³-hybridized carbons (Fsp3) is 0. The molecule has 0 unspecified atom stereocenters. The van der Waals surface area contributed by atoms with Gasteiger partial charge in [0, 0.05) is 79.8 Å². The summed E-state index contributed by atoms with van der Waals surface area (Å²) in [4.78, 5) is 17.0. The van der Waals surface area contributed by atoms with E-state index in [0.29, 0.717) is 11.2 Å². The van der Waals surface area contributed by atoms with Crippen LogP contribution in [0.4, 0.5) is 4.39 Å². The third kappa shape index (κ3) is 3.55. The maximum Gasteiger partial charge on any atom is 0.173 e. The second-order valence-corrected chi connectivity index (χ2v) is 10.5. The molecule has 2 N–H and O–H groups in total. The Morgan fingerprint density at radius 2 is 0.857 bits per heavy atom. The van der Waals surface area contributed by atoms with E-state index >= 15 is 4.39 Å². The van der Waals surface area contributed by atoms with Crippen LogP contribution in [0.15, 0.2) is 115 Å². The van der Waals surface area contributed by atoms with E-state index in [9.17, 15) is 0 Å². The average molecular weight is 594 g/mol. The second-order valence-electron chi connectivity index (χ2n) is 10.5. The van der Waals surface area contributed by atoms with Gasteiger partial charge in [-0.3, -0.25) is 0 Å². The fourth-order valence-electron chi connectivity index (χ4n) is 6.31. The smallest absolute Gasteiger partial charge is 0.173 e. The van der Waals surface area contributed by atoms with Gasteiger partial charge in [0.2, 0.25) is 0 Å². The van der Waals surface area contributed by atoms with Crippen molar-refractivity contribution in [1.82, 2.24) is 19.9 Å². The monoisotopic (exact) mass is 592 g/mol. The summed E-state index contributed by atoms with van der Waals surface area (Å²) < 4.78 is 16.7. The normalized spacial score (nSPS) is 11.7. The van der Waals surface area contributed by atoms with Crippen LogP contribution >= 0.6 is 0 Å². The van der Waals surface area contributed by atoms with Gasteiger partial charge in [-0.05, 0) is 18.2 Å². The Kier molecular flexibility index (Phi) is 5.50. The van der Waals surface area contributed by atoms with Crippen molar-refractivity contribution in [2.45, 2.75) is 0 Å². The zero-order chi connectivity index (χ0) is 27.1. The first kappa shape index (κ1) is 24.8. The van der Waals surface area contributed by atoms with Crippen molar-refractivity contribution in [1.29, 1.82) is 0 Å². The molecule has 4 aromatic carbocycles. The molecule has 0 spiro atoms. The Balaban J connectivity index is 0.00000267. The van der Waals surface area contributed by atoms with Crippen LogP contribution in [0.1, 0.15) is 0 Å². The summed E-state index contributed by atoms with van der Waals surface area (Å²) >= 11 is 0. The average Bonchev–Trinajstić information content (AvgIpc) is 3.76. The van der Waals surface area contributed by atoms with E-state index in [1.807, 2.05) is 84.9 Å². The fourth-order valence-corrected chi connectivity index (χ4v) is 6.31. The number of H-pyrrole nitrogens is 2. The van der Waals surface area contributed by atoms with Crippen molar-refractivity contribution < 1.29 is 23.9 Å². The van der Waals surface area contributed by atoms with Gasteiger partial charge in [-0.25, -0.2) is 14.4 Å². The molecule has 0 amide bonds. The Labute approximate surface area is 252 Å². The number of benzene rings is 4. The summed E-state index contributed by atoms with van der Waals surface area (Å²) in [6, 6.07) is 38.4. The molecule has 2 aliphatic heterocycles. The van der Waals surface area contributed by atoms with E-state index in [1.54, 1.807) is 0 Å². The quantitative estimate of drug-likeness (QED) is 0.172. The van der Waals surface area contributed by atoms with E-state index in [-0.39, 0.29) is 25.3 Å². The van der Waals surface area contributed by atoms with E-state index in [4.69, 9.17) is 9.97 Å². The number of nitrogens with one attached hydrogen (secondary N) is 2. The summed E-state index contributed by atoms with van der Waals surface area (Å²) in [6.07, 6.45) is 0. The minimum Gasteiger partial charge on any atom is -0.354 e. The summed E-state index contributed by atoms with van der Waals surface area (Å²) in [5.41, 5.74) is 9.67. The van der Waals surface area contributed by atoms with Gasteiger partial charge in [0.15, 0.2) is 5.82 Å². The van der Waals surface area contributed by atoms with Crippen LogP contribution in [0, 0.1) is 5.82 Å². The maximum atomic E-state index is 16.7. The molecule has 0 fully saturated rings. The van der Waals surface area contributed by atoms with Gasteiger partial charge in [-0.15, -0.1) is 0 Å². The van der Waals surface area contributed by atoms with Crippen molar-refractivity contribution in [3.05, 3.63) is 121 Å². The topological polar surface area (TPSA) is 57.4 Å². The van der Waals surface area contributed by atoms with Gasteiger partial charge in [0.05, 0.1) is 22.6 Å². The van der Waals surface area contributed by atoms with Crippen LogP contribution in [-0.4, -0.2) is 19.9 Å². The molecular formula is C36H21FN4Zn. The molecule has 8 bridgehead atoms. The molecule has 194 valence electrons. The molecule has 5 heterocycles. The number of rotatable bonds is 0. The zero-order valence-electron chi connectivity index (χ0n) is 22.4. The third-order valence-corrected chi connectivity index (χ3v) is 8.20. The minimum absolute atomic E-state index is 0. The van der Waals surface area contributed by atoms with Crippen LogP contribution in [0.5, 0.6) is 0 Å². The van der Waals surface area contributed by atoms with Crippen molar-refractivity contribution in [2.24, 2.45) is 0 Å². The zero-order valence-corrected chi connectivity index (χ0v) is 25.4. The van der Waals surface area contributed by atoms with Crippen molar-refractivity contribution >= 4 is 43.6 Å². The van der Waals surface area contributed by atoms with Crippen LogP contribution in [0.25, 0.3) is 88.6 Å². The van der Waals surface area contributed by atoms with Crippen molar-refractivity contribution in [3.8, 4) is 45.0 Å². The molecule has 3 aromatic heterocycles. The van der Waals surface area contributed by atoms with Gasteiger partial charge in [-0.1, -0.05) is 97.1 Å². The molecule has 7 aromatic rings. The number of fused-ring (bicyclic) bond motifs is 20. The first-order valence-corrected chi connectivity index (χ1v) is 13.6. The molecule has 2 aliphatic rings. The van der Waals surface area contributed by atoms with Crippen LogP contribution in [-0.2, 0) is 19.5 Å². The standard InChI is InChI=1S/C36H21FN4.Zn/c37-34-35-26-15-7-5-13-24(26)32(40-35)18-30-22-11-3-1-9-20(22)28(38-30)17-29-21-10-2-4-12-23(21)31(39-29)19-33-25-14-6-8-16-27(25)36(34)41-33;/h1-19,38,41H;. The van der Waals surface area contributed by atoms with Crippen molar-refractivity contribution in [3.63, 3.8) is 0 Å². The Hall–Kier alpha value is -4.93. The summed E-state index contributed by atoms with van der Waals surface area (Å²) in [6.45, 7) is 0. The molecule has 0 saturated carbocycles. The van der Waals surface area contributed by atoms with Gasteiger partial charge in [0.1, 0.15) is 5.69 Å². The van der Waals surface area contributed by atoms with E-state index in [1.165, 1.54) is 0 Å². The molecular weight excluding hydrogens is 573 g/mol. The van der Waals surface area contributed by atoms with Gasteiger partial charge in [-0.2, -0.15) is 0 Å². The predicted molar refractivity (Wildman–Crippen MR) is 165 cm³/mol. The van der Waals surface area contributed by atoms with Crippen LogP contribution in [0.2, 0.25) is 0 Å². The largest absolute Gasteiger partial charge is 0.354 e. The third-order valence-electron chi connectivity index (χ3n) is 8.20. The molecule has 0 saturated heterocycles. The molecule has 0 aliphatic carbocycles. The SMILES string of the molecule is Fc1c2nc(cc3[nH]c(cc4nc(cc5[nH]c1c1ccccc51)-c1ccccc1-4)c1ccccc31)-c1ccccc1-2.[Zn]. The Morgan fingerprint density at radius 1 is 0.452 bits per heavy atom. The Morgan fingerprint density at radius 3 is 1.43 bits per heavy atom. The number of nitrogens with zero attached hydrogens (tertiary/aromatic N) is 2. The number of halogens is 1. The summed E-state index contributed by atoms with van der Waals surface area (Å²) in [5.74, 6) is -0.379. The van der Waals surface area contributed by atoms with E-state index < -0.39 is 0 Å². The number of aromatic nitrogens is 4. The van der Waals surface area contributed by atoms with Crippen LogP contribution < -0.4 is 0 Å². The van der Waals surface area contributed by atoms with E-state index in [2.05, 4.69) is 40.3 Å². The predicted octanol–water partition coefficient (Wildman–Crippen LogP) is 9.43. The number of hydrogen-bond donors (Lipinski definition) is 2. The summed E-state index contributed by atoms with van der Waals surface area (Å²) in [7, 11) is 0. The molecule has 6 heteroatoms. The van der Waals surface area contributed by atoms with Gasteiger partial charge in [0.25, 0.3) is 0 Å². The van der Waals surface area contributed by atoms with E-state index in [0.717, 1.165) is 77.4 Å². The minimum atomic E-state index is -0.379. The number of aromatic amines is 2. The maximum absolute atomic E-state index is 16.7.